The van der Waals surface area contributed by atoms with Crippen molar-refractivity contribution in [1.82, 2.24) is 14.8 Å². The molecular formula is C18H20N4OS2. The van der Waals surface area contributed by atoms with E-state index in [1.165, 1.54) is 27.0 Å². The van der Waals surface area contributed by atoms with Crippen LogP contribution < -0.4 is 5.32 Å². The Morgan fingerprint density at radius 1 is 1.12 bits per heavy atom. The Morgan fingerprint density at radius 3 is 2.72 bits per heavy atom. The van der Waals surface area contributed by atoms with Crippen molar-refractivity contribution in [3.05, 3.63) is 46.8 Å². The van der Waals surface area contributed by atoms with Gasteiger partial charge in [-0.2, -0.15) is 0 Å². The highest BCUT2D eigenvalue weighted by molar-refractivity contribution is 7.17. The number of thiophene rings is 1. The predicted molar refractivity (Wildman–Crippen MR) is 104 cm³/mol. The molecule has 0 aliphatic carbocycles. The number of carbonyl (C=O) groups excluding carboxylic acids is 1. The van der Waals surface area contributed by atoms with E-state index in [1.54, 1.807) is 6.20 Å². The van der Waals surface area contributed by atoms with Crippen LogP contribution in [0.1, 0.15) is 5.56 Å². The third-order valence-corrected chi connectivity index (χ3v) is 6.17. The third kappa shape index (κ3) is 4.07. The molecule has 0 atom stereocenters. The van der Waals surface area contributed by atoms with Gasteiger partial charge in [0.1, 0.15) is 0 Å². The van der Waals surface area contributed by atoms with E-state index in [-0.39, 0.29) is 5.91 Å². The van der Waals surface area contributed by atoms with Gasteiger partial charge in [0, 0.05) is 49.0 Å². The number of benzene rings is 1. The fraction of sp³-hybridized carbons (Fsp3) is 0.333. The number of thiazole rings is 1. The molecule has 0 spiro atoms. The van der Waals surface area contributed by atoms with Gasteiger partial charge in [-0.05, 0) is 22.4 Å². The van der Waals surface area contributed by atoms with E-state index < -0.39 is 0 Å². The predicted octanol–water partition coefficient (Wildman–Crippen LogP) is 3.11. The van der Waals surface area contributed by atoms with Gasteiger partial charge in [-0.15, -0.1) is 22.7 Å². The zero-order valence-corrected chi connectivity index (χ0v) is 15.5. The van der Waals surface area contributed by atoms with Crippen LogP contribution in [0.2, 0.25) is 0 Å². The van der Waals surface area contributed by atoms with E-state index in [0.717, 1.165) is 32.7 Å². The third-order valence-electron chi connectivity index (χ3n) is 4.47. The molecule has 4 rings (SSSR count). The molecule has 7 heteroatoms. The minimum absolute atomic E-state index is 0.0206. The number of piperazine rings is 1. The fourth-order valence-electron chi connectivity index (χ4n) is 3.15. The van der Waals surface area contributed by atoms with Crippen molar-refractivity contribution in [1.29, 1.82) is 0 Å². The van der Waals surface area contributed by atoms with Crippen molar-refractivity contribution in [2.75, 3.05) is 38.0 Å². The van der Waals surface area contributed by atoms with Crippen LogP contribution >= 0.6 is 22.7 Å². The first-order valence-corrected chi connectivity index (χ1v) is 10.1. The minimum atomic E-state index is 0.0206. The summed E-state index contributed by atoms with van der Waals surface area (Å²) in [6.07, 6.45) is 1.70. The van der Waals surface area contributed by atoms with E-state index in [9.17, 15) is 4.79 Å². The van der Waals surface area contributed by atoms with Crippen molar-refractivity contribution in [2.24, 2.45) is 0 Å². The number of hydrogen-bond donors (Lipinski definition) is 1. The van der Waals surface area contributed by atoms with Crippen molar-refractivity contribution < 1.29 is 4.79 Å². The maximum absolute atomic E-state index is 12.1. The van der Waals surface area contributed by atoms with Gasteiger partial charge >= 0.3 is 0 Å². The molecule has 1 aliphatic heterocycles. The highest BCUT2D eigenvalue weighted by Gasteiger charge is 2.20. The number of aromatic nitrogens is 1. The van der Waals surface area contributed by atoms with Gasteiger partial charge in [0.25, 0.3) is 0 Å². The second kappa shape index (κ2) is 7.61. The summed E-state index contributed by atoms with van der Waals surface area (Å²) in [5.41, 5.74) is 1.41. The lowest BCUT2D eigenvalue weighted by molar-refractivity contribution is -0.117. The van der Waals surface area contributed by atoms with Gasteiger partial charge in [-0.3, -0.25) is 14.6 Å². The highest BCUT2D eigenvalue weighted by Crippen LogP contribution is 2.26. The molecule has 1 fully saturated rings. The fourth-order valence-corrected chi connectivity index (χ4v) is 4.65. The molecule has 3 heterocycles. The lowest BCUT2D eigenvalue weighted by Gasteiger charge is -2.34. The molecular weight excluding hydrogens is 352 g/mol. The van der Waals surface area contributed by atoms with Gasteiger partial charge in [0.2, 0.25) is 5.91 Å². The number of fused-ring (bicyclic) bond motifs is 1. The normalized spacial score (nSPS) is 16.3. The van der Waals surface area contributed by atoms with E-state index in [0.29, 0.717) is 11.7 Å². The molecule has 0 radical (unpaired) electrons. The first-order chi connectivity index (χ1) is 12.3. The number of amides is 1. The summed E-state index contributed by atoms with van der Waals surface area (Å²) in [7, 11) is 0. The van der Waals surface area contributed by atoms with E-state index in [4.69, 9.17) is 0 Å². The molecule has 0 saturated carbocycles. The number of anilines is 1. The summed E-state index contributed by atoms with van der Waals surface area (Å²) >= 11 is 3.27. The van der Waals surface area contributed by atoms with E-state index in [2.05, 4.69) is 49.7 Å². The Kier molecular flexibility index (Phi) is 5.07. The number of hydrogen-bond acceptors (Lipinski definition) is 6. The zero-order chi connectivity index (χ0) is 17.1. The first-order valence-electron chi connectivity index (χ1n) is 8.37. The number of rotatable bonds is 5. The highest BCUT2D eigenvalue weighted by atomic mass is 32.1. The van der Waals surface area contributed by atoms with Gasteiger partial charge in [-0.25, -0.2) is 4.98 Å². The molecule has 1 aliphatic rings. The quantitative estimate of drug-likeness (QED) is 0.748. The molecule has 1 aromatic carbocycles. The monoisotopic (exact) mass is 372 g/mol. The summed E-state index contributed by atoms with van der Waals surface area (Å²) in [5, 5.41) is 9.04. The number of nitrogens with zero attached hydrogens (tertiary/aromatic N) is 3. The van der Waals surface area contributed by atoms with Crippen LogP contribution in [0.15, 0.2) is 41.2 Å². The SMILES string of the molecule is O=C(CN1CCN(Cc2csc3ccccc23)CC1)Nc1nccs1. The summed E-state index contributed by atoms with van der Waals surface area (Å²) in [6.45, 7) is 5.27. The largest absolute Gasteiger partial charge is 0.301 e. The van der Waals surface area contributed by atoms with Crippen LogP contribution in [0.25, 0.3) is 10.1 Å². The van der Waals surface area contributed by atoms with Crippen molar-refractivity contribution >= 4 is 43.8 Å². The van der Waals surface area contributed by atoms with Crippen LogP contribution in [-0.4, -0.2) is 53.4 Å². The van der Waals surface area contributed by atoms with Gasteiger partial charge in [0.15, 0.2) is 5.13 Å². The van der Waals surface area contributed by atoms with Crippen molar-refractivity contribution in [3.8, 4) is 0 Å². The molecule has 0 unspecified atom stereocenters. The summed E-state index contributed by atoms with van der Waals surface area (Å²) in [4.78, 5) is 20.8. The lowest BCUT2D eigenvalue weighted by atomic mass is 10.1. The van der Waals surface area contributed by atoms with Crippen LogP contribution in [0.4, 0.5) is 5.13 Å². The molecule has 2 aromatic heterocycles. The maximum atomic E-state index is 12.1. The van der Waals surface area contributed by atoms with Gasteiger partial charge < -0.3 is 5.32 Å². The van der Waals surface area contributed by atoms with Crippen LogP contribution in [0, 0.1) is 0 Å². The molecule has 25 heavy (non-hydrogen) atoms. The van der Waals surface area contributed by atoms with Crippen LogP contribution in [0.5, 0.6) is 0 Å². The molecule has 1 N–H and O–H groups in total. The van der Waals surface area contributed by atoms with Crippen LogP contribution in [-0.2, 0) is 11.3 Å². The van der Waals surface area contributed by atoms with Crippen LogP contribution in [0.3, 0.4) is 0 Å². The van der Waals surface area contributed by atoms with Crippen molar-refractivity contribution in [3.63, 3.8) is 0 Å². The number of carbonyl (C=O) groups is 1. The Labute approximate surface area is 154 Å². The summed E-state index contributed by atoms with van der Waals surface area (Å²) in [6, 6.07) is 8.60. The van der Waals surface area contributed by atoms with Crippen molar-refractivity contribution in [2.45, 2.75) is 6.54 Å². The smallest absolute Gasteiger partial charge is 0.240 e. The first kappa shape index (κ1) is 16.7. The molecule has 130 valence electrons. The molecule has 1 saturated heterocycles. The average Bonchev–Trinajstić information content (AvgIpc) is 3.27. The summed E-state index contributed by atoms with van der Waals surface area (Å²) < 4.78 is 1.36. The Hall–Kier alpha value is -1.80. The standard InChI is InChI=1S/C18H20N4OS2/c23-17(20-18-19-5-10-24-18)12-22-8-6-21(7-9-22)11-14-13-25-16-4-2-1-3-15(14)16/h1-5,10,13H,6-9,11-12H2,(H,19,20,23). The average molecular weight is 373 g/mol. The van der Waals surface area contributed by atoms with E-state index >= 15 is 0 Å². The second-order valence-corrected chi connectivity index (χ2v) is 8.00. The molecule has 5 nitrogen and oxygen atoms in total. The zero-order valence-electron chi connectivity index (χ0n) is 13.9. The van der Waals surface area contributed by atoms with Gasteiger partial charge in [0.05, 0.1) is 6.54 Å². The topological polar surface area (TPSA) is 48.5 Å². The Balaban J connectivity index is 1.27. The number of nitrogens with one attached hydrogen (secondary N) is 1. The van der Waals surface area contributed by atoms with Gasteiger partial charge in [-0.1, -0.05) is 18.2 Å². The molecule has 1 amide bonds. The minimum Gasteiger partial charge on any atom is -0.301 e. The van der Waals surface area contributed by atoms with E-state index in [1.807, 2.05) is 16.7 Å². The molecule has 3 aromatic rings. The lowest BCUT2D eigenvalue weighted by Crippen LogP contribution is -2.48. The Bertz CT molecular complexity index is 838. The maximum Gasteiger partial charge on any atom is 0.240 e. The summed E-state index contributed by atoms with van der Waals surface area (Å²) in [5.74, 6) is 0.0206. The molecule has 0 bridgehead atoms. The second-order valence-electron chi connectivity index (χ2n) is 6.19. The Morgan fingerprint density at radius 2 is 1.92 bits per heavy atom.